The lowest BCUT2D eigenvalue weighted by atomic mass is 9.89. The molecule has 0 heterocycles. The molecule has 0 aliphatic heterocycles. The molecule has 0 unspecified atom stereocenters. The van der Waals surface area contributed by atoms with Gasteiger partial charge in [-0.1, -0.05) is 13.3 Å². The van der Waals surface area contributed by atoms with E-state index in [1.807, 2.05) is 0 Å². The highest BCUT2D eigenvalue weighted by molar-refractivity contribution is 7.80. The van der Waals surface area contributed by atoms with E-state index in [4.69, 9.17) is 12.2 Å². The summed E-state index contributed by atoms with van der Waals surface area (Å²) in [4.78, 5) is 10.9. The van der Waals surface area contributed by atoms with Crippen molar-refractivity contribution in [2.45, 2.75) is 58.3 Å². The number of hydrogen-bond donors (Lipinski definition) is 2. The van der Waals surface area contributed by atoms with E-state index in [1.54, 1.807) is 0 Å². The zero-order valence-electron chi connectivity index (χ0n) is 13.1. The Morgan fingerprint density at radius 3 is 2.95 bits per heavy atom. The predicted octanol–water partition coefficient (Wildman–Crippen LogP) is 2.75. The Morgan fingerprint density at radius 2 is 2.24 bits per heavy atom. The maximum absolute atomic E-state index is 10.9. The van der Waals surface area contributed by atoms with Crippen LogP contribution < -0.4 is 10.7 Å². The van der Waals surface area contributed by atoms with Crippen LogP contribution in [0, 0.1) is 5.92 Å². The number of hydrazone groups is 1. The molecular weight excluding hydrogens is 286 g/mol. The summed E-state index contributed by atoms with van der Waals surface area (Å²) in [6, 6.07) is 0. The smallest absolute Gasteiger partial charge is 0.305 e. The number of carbonyl (C=O) groups is 1. The van der Waals surface area contributed by atoms with Gasteiger partial charge in [0.1, 0.15) is 0 Å². The van der Waals surface area contributed by atoms with Crippen molar-refractivity contribution in [3.05, 3.63) is 0 Å². The molecule has 6 heteroatoms. The molecule has 0 radical (unpaired) electrons. The molecule has 1 rings (SSSR count). The molecule has 0 saturated heterocycles. The molecule has 120 valence electrons. The van der Waals surface area contributed by atoms with Crippen molar-refractivity contribution in [2.24, 2.45) is 11.0 Å². The summed E-state index contributed by atoms with van der Waals surface area (Å²) < 4.78 is 4.59. The number of ether oxygens (including phenoxy) is 1. The van der Waals surface area contributed by atoms with Crippen LogP contribution in [0.25, 0.3) is 0 Å². The number of unbranched alkanes of at least 4 members (excludes halogenated alkanes) is 2. The lowest BCUT2D eigenvalue weighted by molar-refractivity contribution is -0.140. The van der Waals surface area contributed by atoms with E-state index in [0.29, 0.717) is 11.5 Å². The van der Waals surface area contributed by atoms with Crippen LogP contribution in [0.15, 0.2) is 5.10 Å². The predicted molar refractivity (Wildman–Crippen MR) is 89.3 cm³/mol. The van der Waals surface area contributed by atoms with Crippen LogP contribution in [-0.4, -0.2) is 30.4 Å². The summed E-state index contributed by atoms with van der Waals surface area (Å²) in [5.74, 6) is 0.591. The lowest BCUT2D eigenvalue weighted by Gasteiger charge is -2.19. The molecule has 0 aromatic heterocycles. The molecule has 1 fully saturated rings. The standard InChI is InChI=1S/C15H27N3O2S/c1-12-7-6-8-13(11-12)17-18-15(21)16-10-5-3-4-9-14(19)20-2/h12H,3-11H2,1-2H3,(H2,16,18,21)/b17-13-/t12-/m1/s1. The number of esters is 1. The molecular formula is C15H27N3O2S. The number of nitrogens with zero attached hydrogens (tertiary/aromatic N) is 1. The maximum atomic E-state index is 10.9. The van der Waals surface area contributed by atoms with Gasteiger partial charge in [-0.05, 0) is 56.7 Å². The Bertz CT molecular complexity index is 372. The minimum absolute atomic E-state index is 0.141. The molecule has 0 spiro atoms. The van der Waals surface area contributed by atoms with Crippen molar-refractivity contribution in [3.8, 4) is 0 Å². The lowest BCUT2D eigenvalue weighted by Crippen LogP contribution is -2.33. The number of hydrogen-bond acceptors (Lipinski definition) is 4. The van der Waals surface area contributed by atoms with E-state index >= 15 is 0 Å². The third kappa shape index (κ3) is 8.65. The van der Waals surface area contributed by atoms with Gasteiger partial charge in [0, 0.05) is 18.7 Å². The van der Waals surface area contributed by atoms with Crippen LogP contribution in [0.3, 0.4) is 0 Å². The molecule has 0 amide bonds. The molecule has 1 aliphatic rings. The van der Waals surface area contributed by atoms with Crippen molar-refractivity contribution in [3.63, 3.8) is 0 Å². The second-order valence-electron chi connectivity index (χ2n) is 5.63. The minimum Gasteiger partial charge on any atom is -0.469 e. The zero-order chi connectivity index (χ0) is 15.5. The second-order valence-corrected chi connectivity index (χ2v) is 6.04. The normalized spacial score (nSPS) is 20.1. The van der Waals surface area contributed by atoms with Gasteiger partial charge in [-0.25, -0.2) is 0 Å². The second kappa shape index (κ2) is 10.5. The Balaban J connectivity index is 2.03. The van der Waals surface area contributed by atoms with Gasteiger partial charge < -0.3 is 10.1 Å². The quantitative estimate of drug-likeness (QED) is 0.327. The molecule has 5 nitrogen and oxygen atoms in total. The minimum atomic E-state index is -0.141. The first-order valence-electron chi connectivity index (χ1n) is 7.78. The van der Waals surface area contributed by atoms with E-state index in [-0.39, 0.29) is 5.97 Å². The fourth-order valence-corrected chi connectivity index (χ4v) is 2.55. The molecule has 1 atom stereocenters. The summed E-state index contributed by atoms with van der Waals surface area (Å²) >= 11 is 5.19. The first-order chi connectivity index (χ1) is 10.1. The van der Waals surface area contributed by atoms with Crippen LogP contribution in [0.5, 0.6) is 0 Å². The van der Waals surface area contributed by atoms with Crippen molar-refractivity contribution < 1.29 is 9.53 Å². The summed E-state index contributed by atoms with van der Waals surface area (Å²) in [6.45, 7) is 3.06. The number of thiocarbonyl (C=S) groups is 1. The van der Waals surface area contributed by atoms with Crippen LogP contribution in [0.1, 0.15) is 58.3 Å². The fourth-order valence-electron chi connectivity index (χ4n) is 2.41. The number of methoxy groups -OCH3 is 1. The molecule has 2 N–H and O–H groups in total. The summed E-state index contributed by atoms with van der Waals surface area (Å²) in [6.07, 6.45) is 7.98. The number of rotatable bonds is 7. The van der Waals surface area contributed by atoms with Gasteiger partial charge >= 0.3 is 5.97 Å². The summed E-state index contributed by atoms with van der Waals surface area (Å²) in [5, 5.41) is 8.09. The third-order valence-electron chi connectivity index (χ3n) is 3.63. The van der Waals surface area contributed by atoms with Gasteiger partial charge in [-0.15, -0.1) is 0 Å². The molecule has 1 saturated carbocycles. The van der Waals surface area contributed by atoms with E-state index < -0.39 is 0 Å². The maximum Gasteiger partial charge on any atom is 0.305 e. The van der Waals surface area contributed by atoms with E-state index in [2.05, 4.69) is 27.5 Å². The average Bonchev–Trinajstić information content (AvgIpc) is 2.48. The first-order valence-corrected chi connectivity index (χ1v) is 8.18. The Morgan fingerprint density at radius 1 is 1.43 bits per heavy atom. The molecule has 1 aliphatic carbocycles. The van der Waals surface area contributed by atoms with Gasteiger partial charge in [0.2, 0.25) is 0 Å². The van der Waals surface area contributed by atoms with Crippen molar-refractivity contribution in [1.29, 1.82) is 0 Å². The Labute approximate surface area is 132 Å². The molecule has 0 bridgehead atoms. The average molecular weight is 313 g/mol. The fraction of sp³-hybridized carbons (Fsp3) is 0.800. The monoisotopic (exact) mass is 313 g/mol. The number of carbonyl (C=O) groups excluding carboxylic acids is 1. The molecule has 21 heavy (non-hydrogen) atoms. The summed E-state index contributed by atoms with van der Waals surface area (Å²) in [7, 11) is 1.42. The Hall–Kier alpha value is -1.17. The highest BCUT2D eigenvalue weighted by Crippen LogP contribution is 2.20. The van der Waals surface area contributed by atoms with Crippen molar-refractivity contribution in [1.82, 2.24) is 10.7 Å². The highest BCUT2D eigenvalue weighted by atomic mass is 32.1. The Kier molecular flexibility index (Phi) is 8.98. The largest absolute Gasteiger partial charge is 0.469 e. The first kappa shape index (κ1) is 17.9. The van der Waals surface area contributed by atoms with E-state index in [9.17, 15) is 4.79 Å². The van der Waals surface area contributed by atoms with Gasteiger partial charge in [0.05, 0.1) is 7.11 Å². The third-order valence-corrected chi connectivity index (χ3v) is 3.87. The SMILES string of the molecule is COC(=O)CCCCCNC(=S)N/N=C1/CCC[C@@H](C)C1. The van der Waals surface area contributed by atoms with Crippen LogP contribution in [-0.2, 0) is 9.53 Å². The van der Waals surface area contributed by atoms with Crippen molar-refractivity contribution in [2.75, 3.05) is 13.7 Å². The zero-order valence-corrected chi connectivity index (χ0v) is 13.9. The van der Waals surface area contributed by atoms with E-state index in [1.165, 1.54) is 25.7 Å². The molecule has 0 aromatic carbocycles. The van der Waals surface area contributed by atoms with Crippen LogP contribution in [0.2, 0.25) is 0 Å². The summed E-state index contributed by atoms with van der Waals surface area (Å²) in [5.41, 5.74) is 4.14. The topological polar surface area (TPSA) is 62.7 Å². The number of nitrogens with one attached hydrogen (secondary N) is 2. The van der Waals surface area contributed by atoms with Crippen LogP contribution >= 0.6 is 12.2 Å². The van der Waals surface area contributed by atoms with Gasteiger partial charge in [-0.3, -0.25) is 10.2 Å². The van der Waals surface area contributed by atoms with Gasteiger partial charge in [0.25, 0.3) is 0 Å². The van der Waals surface area contributed by atoms with Gasteiger partial charge in [-0.2, -0.15) is 5.10 Å². The van der Waals surface area contributed by atoms with E-state index in [0.717, 1.165) is 44.6 Å². The van der Waals surface area contributed by atoms with Crippen LogP contribution in [0.4, 0.5) is 0 Å². The molecule has 0 aromatic rings. The highest BCUT2D eigenvalue weighted by Gasteiger charge is 2.13. The van der Waals surface area contributed by atoms with Gasteiger partial charge in [0.15, 0.2) is 5.11 Å². The van der Waals surface area contributed by atoms with Crippen molar-refractivity contribution >= 4 is 29.0 Å².